The number of morpholine rings is 1. The number of anilines is 2. The topological polar surface area (TPSA) is 57.1 Å². The third-order valence-electron chi connectivity index (χ3n) is 2.94. The maximum atomic E-state index is 8.33. The Morgan fingerprint density at radius 1 is 1.28 bits per heavy atom. The average Bonchev–Trinajstić information content (AvgIpc) is 2.36. The van der Waals surface area contributed by atoms with Gasteiger partial charge in [-0.3, -0.25) is 0 Å². The van der Waals surface area contributed by atoms with Crippen molar-refractivity contribution in [2.24, 2.45) is 5.16 Å². The molecule has 0 amide bonds. The first-order valence-corrected chi connectivity index (χ1v) is 6.12. The van der Waals surface area contributed by atoms with Gasteiger partial charge in [-0.25, -0.2) is 0 Å². The van der Waals surface area contributed by atoms with Crippen LogP contribution in [-0.2, 0) is 4.74 Å². The third-order valence-corrected chi connectivity index (χ3v) is 2.94. The molecule has 1 aliphatic rings. The molecule has 1 aromatic rings. The Bertz CT molecular complexity index is 395. The Balaban J connectivity index is 2.04. The first kappa shape index (κ1) is 12.7. The van der Waals surface area contributed by atoms with Crippen molar-refractivity contribution in [3.63, 3.8) is 0 Å². The van der Waals surface area contributed by atoms with Gasteiger partial charge in [-0.15, -0.1) is 0 Å². The predicted molar refractivity (Wildman–Crippen MR) is 72.6 cm³/mol. The zero-order valence-corrected chi connectivity index (χ0v) is 10.7. The second-order valence-corrected chi connectivity index (χ2v) is 4.60. The minimum atomic E-state index is 0.257. The zero-order chi connectivity index (χ0) is 13.0. The van der Waals surface area contributed by atoms with Crippen LogP contribution in [0.15, 0.2) is 29.4 Å². The second-order valence-electron chi connectivity index (χ2n) is 4.60. The molecule has 98 valence electrons. The summed E-state index contributed by atoms with van der Waals surface area (Å²) in [5, 5.41) is 14.1. The van der Waals surface area contributed by atoms with Gasteiger partial charge in [0, 0.05) is 24.5 Å². The second kappa shape index (κ2) is 5.73. The number of nitrogens with zero attached hydrogens (tertiary/aromatic N) is 2. The summed E-state index contributed by atoms with van der Waals surface area (Å²) in [6.07, 6.45) is 1.76. The lowest BCUT2D eigenvalue weighted by Gasteiger charge is -2.36. The van der Waals surface area contributed by atoms with Crippen LogP contribution in [0.5, 0.6) is 0 Å². The summed E-state index contributed by atoms with van der Waals surface area (Å²) in [4.78, 5) is 2.32. The van der Waals surface area contributed by atoms with Crippen LogP contribution in [0.3, 0.4) is 0 Å². The van der Waals surface area contributed by atoms with Gasteiger partial charge in [0.25, 0.3) is 0 Å². The molecule has 1 heterocycles. The van der Waals surface area contributed by atoms with E-state index >= 15 is 0 Å². The van der Waals surface area contributed by atoms with Gasteiger partial charge in [-0.05, 0) is 38.1 Å². The maximum Gasteiger partial charge on any atom is 0.132 e. The van der Waals surface area contributed by atoms with Crippen molar-refractivity contribution in [3.05, 3.63) is 24.3 Å². The smallest absolute Gasteiger partial charge is 0.132 e. The van der Waals surface area contributed by atoms with Crippen LogP contribution in [-0.4, -0.2) is 36.8 Å². The monoisotopic (exact) mass is 249 g/mol. The van der Waals surface area contributed by atoms with Crippen molar-refractivity contribution in [3.8, 4) is 0 Å². The number of hydrogen-bond donors (Lipinski definition) is 2. The zero-order valence-electron chi connectivity index (χ0n) is 10.7. The number of hydrogen-bond acceptors (Lipinski definition) is 4. The molecule has 0 bridgehead atoms. The van der Waals surface area contributed by atoms with Crippen molar-refractivity contribution in [1.29, 1.82) is 0 Å². The minimum absolute atomic E-state index is 0.257. The van der Waals surface area contributed by atoms with E-state index in [0.29, 0.717) is 0 Å². The normalized spacial score (nSPS) is 24.4. The van der Waals surface area contributed by atoms with Crippen LogP contribution in [0.2, 0.25) is 0 Å². The van der Waals surface area contributed by atoms with Crippen LogP contribution in [0, 0.1) is 0 Å². The van der Waals surface area contributed by atoms with Crippen LogP contribution < -0.4 is 10.2 Å². The van der Waals surface area contributed by atoms with Crippen LogP contribution in [0.25, 0.3) is 0 Å². The van der Waals surface area contributed by atoms with Crippen LogP contribution in [0.1, 0.15) is 13.8 Å². The van der Waals surface area contributed by atoms with Crippen LogP contribution in [0.4, 0.5) is 11.4 Å². The van der Waals surface area contributed by atoms with Crippen molar-refractivity contribution in [2.75, 3.05) is 23.3 Å². The van der Waals surface area contributed by atoms with E-state index in [0.717, 1.165) is 18.8 Å². The molecule has 1 saturated heterocycles. The molecule has 0 spiro atoms. The summed E-state index contributed by atoms with van der Waals surface area (Å²) in [7, 11) is 0. The molecule has 0 aromatic heterocycles. The number of benzene rings is 1. The van der Waals surface area contributed by atoms with E-state index in [2.05, 4.69) is 41.4 Å². The Kier molecular flexibility index (Phi) is 4.04. The van der Waals surface area contributed by atoms with E-state index in [1.807, 2.05) is 12.1 Å². The highest BCUT2D eigenvalue weighted by atomic mass is 16.5. The molecule has 1 aliphatic heterocycles. The van der Waals surface area contributed by atoms with Crippen molar-refractivity contribution in [2.45, 2.75) is 26.1 Å². The van der Waals surface area contributed by atoms with Gasteiger partial charge in [0.05, 0.1) is 12.2 Å². The highest BCUT2D eigenvalue weighted by molar-refractivity contribution is 5.75. The first-order chi connectivity index (χ1) is 8.69. The first-order valence-electron chi connectivity index (χ1n) is 6.12. The van der Waals surface area contributed by atoms with E-state index < -0.39 is 0 Å². The lowest BCUT2D eigenvalue weighted by Crippen LogP contribution is -2.45. The third kappa shape index (κ3) is 3.13. The fourth-order valence-corrected chi connectivity index (χ4v) is 2.26. The number of oxime groups is 1. The Morgan fingerprint density at radius 3 is 2.44 bits per heavy atom. The van der Waals surface area contributed by atoms with Crippen molar-refractivity contribution in [1.82, 2.24) is 0 Å². The minimum Gasteiger partial charge on any atom is -0.410 e. The van der Waals surface area contributed by atoms with Gasteiger partial charge in [-0.2, -0.15) is 0 Å². The van der Waals surface area contributed by atoms with Gasteiger partial charge >= 0.3 is 0 Å². The molecule has 18 heavy (non-hydrogen) atoms. The fourth-order valence-electron chi connectivity index (χ4n) is 2.26. The SMILES string of the molecule is CC1CN(c2ccc(N/C=N/O)cc2)CC(C)O1. The molecule has 0 radical (unpaired) electrons. The lowest BCUT2D eigenvalue weighted by molar-refractivity contribution is -0.00521. The standard InChI is InChI=1S/C13H19N3O2/c1-10-7-16(8-11(2)18-10)13-5-3-12(4-6-13)14-9-15-17/h3-6,9-11,17H,7-8H2,1-2H3,(H,14,15). The van der Waals surface area contributed by atoms with Gasteiger partial charge in [0.15, 0.2) is 0 Å². The summed E-state index contributed by atoms with van der Waals surface area (Å²) < 4.78 is 5.72. The van der Waals surface area contributed by atoms with Gasteiger partial charge in [0.1, 0.15) is 6.34 Å². The lowest BCUT2D eigenvalue weighted by atomic mass is 10.2. The summed E-state index contributed by atoms with van der Waals surface area (Å²) in [6, 6.07) is 8.03. The van der Waals surface area contributed by atoms with E-state index in [1.54, 1.807) is 0 Å². The molecule has 2 unspecified atom stereocenters. The van der Waals surface area contributed by atoms with Gasteiger partial charge < -0.3 is 20.2 Å². The quantitative estimate of drug-likeness (QED) is 0.373. The maximum absolute atomic E-state index is 8.33. The van der Waals surface area contributed by atoms with E-state index in [4.69, 9.17) is 9.94 Å². The molecular formula is C13H19N3O2. The molecule has 2 rings (SSSR count). The fraction of sp³-hybridized carbons (Fsp3) is 0.462. The van der Waals surface area contributed by atoms with E-state index in [1.165, 1.54) is 12.0 Å². The number of rotatable bonds is 3. The highest BCUT2D eigenvalue weighted by Gasteiger charge is 2.22. The molecule has 0 saturated carbocycles. The summed E-state index contributed by atoms with van der Waals surface area (Å²) in [5.41, 5.74) is 2.08. The van der Waals surface area contributed by atoms with E-state index in [-0.39, 0.29) is 12.2 Å². The van der Waals surface area contributed by atoms with Crippen molar-refractivity contribution < 1.29 is 9.94 Å². The molecule has 1 fully saturated rings. The summed E-state index contributed by atoms with van der Waals surface area (Å²) in [5.74, 6) is 0. The van der Waals surface area contributed by atoms with Gasteiger partial charge in [0.2, 0.25) is 0 Å². The number of ether oxygens (including phenoxy) is 1. The molecule has 2 N–H and O–H groups in total. The van der Waals surface area contributed by atoms with E-state index in [9.17, 15) is 0 Å². The Hall–Kier alpha value is -1.75. The van der Waals surface area contributed by atoms with Crippen molar-refractivity contribution >= 4 is 17.7 Å². The Morgan fingerprint density at radius 2 is 1.89 bits per heavy atom. The molecule has 5 nitrogen and oxygen atoms in total. The predicted octanol–water partition coefficient (Wildman–Crippen LogP) is 2.13. The molecule has 2 atom stereocenters. The highest BCUT2D eigenvalue weighted by Crippen LogP contribution is 2.22. The molecule has 0 aliphatic carbocycles. The molecule has 1 aromatic carbocycles. The average molecular weight is 249 g/mol. The van der Waals surface area contributed by atoms with Gasteiger partial charge in [-0.1, -0.05) is 5.16 Å². The number of nitrogens with one attached hydrogen (secondary N) is 1. The Labute approximate surface area is 107 Å². The van der Waals surface area contributed by atoms with Crippen LogP contribution >= 0.6 is 0 Å². The molecular weight excluding hydrogens is 230 g/mol. The largest absolute Gasteiger partial charge is 0.410 e. The summed E-state index contributed by atoms with van der Waals surface area (Å²) in [6.45, 7) is 6.01. The molecule has 5 heteroatoms. The summed E-state index contributed by atoms with van der Waals surface area (Å²) >= 11 is 0.